The number of fused-ring (bicyclic) bond motifs is 3. The Kier molecular flexibility index (Phi) is 4.53. The molecule has 0 radical (unpaired) electrons. The zero-order valence-electron chi connectivity index (χ0n) is 13.4. The zero-order valence-corrected chi connectivity index (χ0v) is 13.4. The average Bonchev–Trinajstić information content (AvgIpc) is 2.79. The number of hydrogen-bond donors (Lipinski definition) is 3. The van der Waals surface area contributed by atoms with Gasteiger partial charge in [0.2, 0.25) is 11.8 Å². The molecule has 1 aromatic rings. The molecule has 1 saturated heterocycles. The maximum Gasteiger partial charge on any atom is 0.257 e. The molecule has 24 heavy (non-hydrogen) atoms. The van der Waals surface area contributed by atoms with Gasteiger partial charge in [-0.05, 0) is 25.3 Å². The molecule has 3 N–H and O–H groups in total. The van der Waals surface area contributed by atoms with E-state index in [0.29, 0.717) is 30.5 Å². The summed E-state index contributed by atoms with van der Waals surface area (Å²) in [5, 5.41) is 16.4. The molecule has 0 bridgehead atoms. The van der Waals surface area contributed by atoms with E-state index in [2.05, 4.69) is 10.6 Å². The van der Waals surface area contributed by atoms with Gasteiger partial charge in [0, 0.05) is 17.7 Å². The van der Waals surface area contributed by atoms with Crippen LogP contribution in [0, 0.1) is 0 Å². The van der Waals surface area contributed by atoms with Gasteiger partial charge in [-0.25, -0.2) is 0 Å². The highest BCUT2D eigenvalue weighted by Crippen LogP contribution is 2.40. The van der Waals surface area contributed by atoms with Crippen molar-refractivity contribution in [3.05, 3.63) is 35.4 Å². The van der Waals surface area contributed by atoms with Crippen molar-refractivity contribution in [2.45, 2.75) is 31.4 Å². The number of hydrogen-bond acceptors (Lipinski definition) is 4. The number of carbonyl (C=O) groups is 3. The molecule has 1 aromatic carbocycles. The predicted octanol–water partition coefficient (Wildman–Crippen LogP) is 0.0939. The molecule has 7 nitrogen and oxygen atoms in total. The van der Waals surface area contributed by atoms with Crippen LogP contribution < -0.4 is 10.6 Å². The van der Waals surface area contributed by atoms with E-state index in [1.807, 2.05) is 0 Å². The molecule has 1 atom stereocenters. The summed E-state index contributed by atoms with van der Waals surface area (Å²) in [6.45, 7) is 0.121. The van der Waals surface area contributed by atoms with Gasteiger partial charge in [0.1, 0.15) is 6.54 Å². The van der Waals surface area contributed by atoms with Gasteiger partial charge in [-0.2, -0.15) is 0 Å². The Morgan fingerprint density at radius 2 is 1.79 bits per heavy atom. The fourth-order valence-corrected chi connectivity index (χ4v) is 3.29. The molecular weight excluding hydrogens is 310 g/mol. The lowest BCUT2D eigenvalue weighted by Gasteiger charge is -2.34. The highest BCUT2D eigenvalue weighted by atomic mass is 16.3. The van der Waals surface area contributed by atoms with Crippen molar-refractivity contribution in [2.75, 3.05) is 19.6 Å². The van der Waals surface area contributed by atoms with Crippen molar-refractivity contribution in [3.63, 3.8) is 0 Å². The Labute approximate surface area is 140 Å². The van der Waals surface area contributed by atoms with Crippen molar-refractivity contribution in [1.29, 1.82) is 0 Å². The summed E-state index contributed by atoms with van der Waals surface area (Å²) >= 11 is 0. The SMILES string of the molecule is O=C1CNC(=O)CN2C(=O)c3ccccc3C2(O)CCCCCN1. The summed E-state index contributed by atoms with van der Waals surface area (Å²) in [6.07, 6.45) is 2.64. The highest BCUT2D eigenvalue weighted by Gasteiger charge is 2.48. The van der Waals surface area contributed by atoms with Crippen molar-refractivity contribution in [2.24, 2.45) is 0 Å². The molecule has 0 aliphatic carbocycles. The van der Waals surface area contributed by atoms with E-state index in [1.54, 1.807) is 24.3 Å². The van der Waals surface area contributed by atoms with Gasteiger partial charge >= 0.3 is 0 Å². The molecular formula is C17H21N3O4. The molecule has 1 unspecified atom stereocenters. The van der Waals surface area contributed by atoms with Crippen LogP contribution in [0.25, 0.3) is 0 Å². The third-order valence-electron chi connectivity index (χ3n) is 4.55. The van der Waals surface area contributed by atoms with Crippen LogP contribution in [0.15, 0.2) is 24.3 Å². The second kappa shape index (κ2) is 6.60. The van der Waals surface area contributed by atoms with Crippen LogP contribution in [0.5, 0.6) is 0 Å². The molecule has 0 spiro atoms. The molecule has 2 aliphatic heterocycles. The number of rotatable bonds is 0. The molecule has 3 amide bonds. The molecule has 3 rings (SSSR count). The summed E-state index contributed by atoms with van der Waals surface area (Å²) in [6, 6.07) is 6.91. The molecule has 2 heterocycles. The quantitative estimate of drug-likeness (QED) is 0.628. The fraction of sp³-hybridized carbons (Fsp3) is 0.471. The third kappa shape index (κ3) is 2.99. The van der Waals surface area contributed by atoms with Crippen LogP contribution in [0.2, 0.25) is 0 Å². The lowest BCUT2D eigenvalue weighted by atomic mass is 9.95. The van der Waals surface area contributed by atoms with Gasteiger partial charge in [0.05, 0.1) is 6.54 Å². The van der Waals surface area contributed by atoms with E-state index < -0.39 is 11.6 Å². The second-order valence-electron chi connectivity index (χ2n) is 6.19. The minimum Gasteiger partial charge on any atom is -0.367 e. The van der Waals surface area contributed by atoms with Crippen molar-refractivity contribution in [3.8, 4) is 0 Å². The largest absolute Gasteiger partial charge is 0.367 e. The number of nitrogens with one attached hydrogen (secondary N) is 2. The molecule has 128 valence electrons. The Balaban J connectivity index is 1.90. The summed E-state index contributed by atoms with van der Waals surface area (Å²) in [7, 11) is 0. The molecule has 7 heteroatoms. The van der Waals surface area contributed by atoms with Crippen LogP contribution in [0.4, 0.5) is 0 Å². The number of nitrogens with zero attached hydrogens (tertiary/aromatic N) is 1. The average molecular weight is 331 g/mol. The second-order valence-corrected chi connectivity index (χ2v) is 6.19. The van der Waals surface area contributed by atoms with Crippen LogP contribution in [0.1, 0.15) is 41.6 Å². The number of carbonyl (C=O) groups excluding carboxylic acids is 3. The van der Waals surface area contributed by atoms with Crippen molar-refractivity contribution >= 4 is 17.7 Å². The smallest absolute Gasteiger partial charge is 0.257 e. The van der Waals surface area contributed by atoms with Gasteiger partial charge in [-0.15, -0.1) is 0 Å². The first-order valence-corrected chi connectivity index (χ1v) is 8.19. The summed E-state index contributed by atoms with van der Waals surface area (Å²) in [5.41, 5.74) is -0.499. The van der Waals surface area contributed by atoms with Crippen LogP contribution in [-0.2, 0) is 15.3 Å². The summed E-state index contributed by atoms with van der Waals surface area (Å²) < 4.78 is 0. The number of aliphatic hydroxyl groups is 1. The zero-order chi connectivity index (χ0) is 17.2. The Morgan fingerprint density at radius 3 is 2.62 bits per heavy atom. The lowest BCUT2D eigenvalue weighted by molar-refractivity contribution is -0.133. The van der Waals surface area contributed by atoms with Crippen LogP contribution >= 0.6 is 0 Å². The maximum absolute atomic E-state index is 12.6. The lowest BCUT2D eigenvalue weighted by Crippen LogP contribution is -2.49. The first-order valence-electron chi connectivity index (χ1n) is 8.19. The Bertz CT molecular complexity index is 676. The molecule has 1 fully saturated rings. The molecule has 2 aliphatic rings. The van der Waals surface area contributed by atoms with Crippen molar-refractivity contribution < 1.29 is 19.5 Å². The minimum absolute atomic E-state index is 0.133. The van der Waals surface area contributed by atoms with Crippen molar-refractivity contribution in [1.82, 2.24) is 15.5 Å². The van der Waals surface area contributed by atoms with Gasteiger partial charge in [0.25, 0.3) is 5.91 Å². The standard InChI is InChI=1S/C17H21N3O4/c21-14-10-19-15(22)11-20-16(23)12-6-2-3-7-13(12)17(20,24)8-4-1-5-9-18-14/h2-3,6-7,24H,1,4-5,8-11H2,(H,18,21)(H,19,22). The van der Waals surface area contributed by atoms with Crippen LogP contribution in [-0.4, -0.2) is 47.4 Å². The molecule has 0 saturated carbocycles. The first-order chi connectivity index (χ1) is 11.5. The van der Waals surface area contributed by atoms with E-state index in [0.717, 1.165) is 12.8 Å². The van der Waals surface area contributed by atoms with E-state index in [4.69, 9.17) is 0 Å². The van der Waals surface area contributed by atoms with E-state index in [1.165, 1.54) is 4.90 Å². The first kappa shape index (κ1) is 16.4. The summed E-state index contributed by atoms with van der Waals surface area (Å²) in [4.78, 5) is 37.6. The van der Waals surface area contributed by atoms with Gasteiger partial charge in [-0.3, -0.25) is 19.3 Å². The van der Waals surface area contributed by atoms with Gasteiger partial charge in [-0.1, -0.05) is 24.6 Å². The topological polar surface area (TPSA) is 98.7 Å². The maximum atomic E-state index is 12.6. The van der Waals surface area contributed by atoms with E-state index in [9.17, 15) is 19.5 Å². The molecule has 0 aromatic heterocycles. The third-order valence-corrected chi connectivity index (χ3v) is 4.55. The van der Waals surface area contributed by atoms with Crippen LogP contribution in [0.3, 0.4) is 0 Å². The normalized spacial score (nSPS) is 25.5. The Morgan fingerprint density at radius 1 is 1.00 bits per heavy atom. The number of benzene rings is 1. The fourth-order valence-electron chi connectivity index (χ4n) is 3.29. The monoisotopic (exact) mass is 331 g/mol. The van der Waals surface area contributed by atoms with Gasteiger partial charge in [0.15, 0.2) is 5.72 Å². The summed E-state index contributed by atoms with van der Waals surface area (Å²) in [5.74, 6) is -1.08. The van der Waals surface area contributed by atoms with E-state index >= 15 is 0 Å². The van der Waals surface area contributed by atoms with E-state index in [-0.39, 0.29) is 24.9 Å². The van der Waals surface area contributed by atoms with Gasteiger partial charge < -0.3 is 15.7 Å². The number of amides is 3. The highest BCUT2D eigenvalue weighted by molar-refractivity contribution is 6.01. The Hall–Kier alpha value is -2.41. The minimum atomic E-state index is -1.48. The predicted molar refractivity (Wildman–Crippen MR) is 85.9 cm³/mol.